The number of hydrogen-bond acceptors (Lipinski definition) is 3. The molecule has 1 aromatic rings. The van der Waals surface area contributed by atoms with Crippen molar-refractivity contribution in [2.45, 2.75) is 26.4 Å². The maximum Gasteiger partial charge on any atom is 0.414 e. The number of nitrogens with one attached hydrogen (secondary N) is 1. The Bertz CT molecular complexity index is 442. The Morgan fingerprint density at radius 2 is 1.89 bits per heavy atom. The first-order valence-electron chi connectivity index (χ1n) is 5.41. The van der Waals surface area contributed by atoms with E-state index in [-0.39, 0.29) is 21.7 Å². The molecule has 0 saturated carbocycles. The monoisotopic (exact) mass is 289 g/mol. The lowest BCUT2D eigenvalue weighted by Gasteiger charge is -2.12. The predicted molar refractivity (Wildman–Crippen MR) is 70.2 cm³/mol. The molecule has 18 heavy (non-hydrogen) atoms. The van der Waals surface area contributed by atoms with Gasteiger partial charge < -0.3 is 4.74 Å². The summed E-state index contributed by atoms with van der Waals surface area (Å²) in [5, 5.41) is 2.43. The molecule has 98 valence electrons. The molecule has 0 fully saturated rings. The maximum atomic E-state index is 11.8. The molecule has 1 unspecified atom stereocenters. The van der Waals surface area contributed by atoms with Gasteiger partial charge in [-0.2, -0.15) is 0 Å². The summed E-state index contributed by atoms with van der Waals surface area (Å²) in [6.45, 7) is 3.59. The minimum Gasteiger partial charge on any atom is -0.446 e. The molecule has 0 bridgehead atoms. The van der Waals surface area contributed by atoms with Crippen LogP contribution in [0.1, 0.15) is 30.6 Å². The van der Waals surface area contributed by atoms with Gasteiger partial charge in [-0.3, -0.25) is 10.1 Å². The molecule has 6 heteroatoms. The van der Waals surface area contributed by atoms with Crippen LogP contribution in [0, 0.1) is 0 Å². The highest BCUT2D eigenvalue weighted by Gasteiger charge is 2.18. The Balaban J connectivity index is 2.74. The Morgan fingerprint density at radius 3 is 2.39 bits per heavy atom. The summed E-state index contributed by atoms with van der Waals surface area (Å²) >= 11 is 11.7. The molecule has 0 aliphatic carbocycles. The second-order valence-corrected chi connectivity index (χ2v) is 4.49. The normalized spacial score (nSPS) is 11.8. The third-order valence-electron chi connectivity index (χ3n) is 2.29. The molecular formula is C12H13Cl2NO3. The zero-order valence-corrected chi connectivity index (χ0v) is 11.5. The molecule has 4 nitrogen and oxygen atoms in total. The fraction of sp³-hybridized carbons (Fsp3) is 0.333. The van der Waals surface area contributed by atoms with Gasteiger partial charge in [0.15, 0.2) is 0 Å². The summed E-state index contributed by atoms with van der Waals surface area (Å²) in [5.41, 5.74) is 0.0573. The van der Waals surface area contributed by atoms with E-state index < -0.39 is 12.0 Å². The lowest BCUT2D eigenvalue weighted by molar-refractivity contribution is 0.0847. The van der Waals surface area contributed by atoms with Gasteiger partial charge in [0.1, 0.15) is 6.10 Å². The van der Waals surface area contributed by atoms with Gasteiger partial charge in [-0.15, -0.1) is 0 Å². The number of alkyl carbamates (subject to hydrolysis) is 1. The number of amides is 2. The lowest BCUT2D eigenvalue weighted by atomic mass is 10.2. The Labute approximate surface area is 115 Å². The van der Waals surface area contributed by atoms with Gasteiger partial charge in [0, 0.05) is 0 Å². The summed E-state index contributed by atoms with van der Waals surface area (Å²) in [6.07, 6.45) is -0.418. The van der Waals surface area contributed by atoms with Crippen molar-refractivity contribution in [2.24, 2.45) is 0 Å². The summed E-state index contributed by atoms with van der Waals surface area (Å²) in [4.78, 5) is 23.2. The fourth-order valence-electron chi connectivity index (χ4n) is 1.17. The van der Waals surface area contributed by atoms with Crippen molar-refractivity contribution in [1.29, 1.82) is 0 Å². The van der Waals surface area contributed by atoms with E-state index in [1.165, 1.54) is 12.1 Å². The Kier molecular flexibility index (Phi) is 5.44. The SMILES string of the molecule is CCC(C)OC(=O)NC(=O)c1c(Cl)cccc1Cl. The first kappa shape index (κ1) is 14.8. The van der Waals surface area contributed by atoms with E-state index in [0.717, 1.165) is 0 Å². The number of benzene rings is 1. The number of imide groups is 1. The molecule has 0 aromatic heterocycles. The third kappa shape index (κ3) is 3.89. The van der Waals surface area contributed by atoms with Crippen LogP contribution in [0.25, 0.3) is 0 Å². The number of carbonyl (C=O) groups is 2. The molecule has 0 saturated heterocycles. The van der Waals surface area contributed by atoms with Crippen LogP contribution >= 0.6 is 23.2 Å². The number of ether oxygens (including phenoxy) is 1. The summed E-state index contributed by atoms with van der Waals surface area (Å²) in [5.74, 6) is -0.682. The van der Waals surface area contributed by atoms with E-state index in [4.69, 9.17) is 27.9 Å². The van der Waals surface area contributed by atoms with Crippen molar-refractivity contribution in [3.8, 4) is 0 Å². The van der Waals surface area contributed by atoms with Crippen molar-refractivity contribution in [1.82, 2.24) is 5.32 Å². The maximum absolute atomic E-state index is 11.8. The molecule has 0 spiro atoms. The Hall–Kier alpha value is -1.26. The van der Waals surface area contributed by atoms with Gasteiger partial charge >= 0.3 is 6.09 Å². The van der Waals surface area contributed by atoms with Crippen LogP contribution in [0.15, 0.2) is 18.2 Å². The van der Waals surface area contributed by atoms with Gasteiger partial charge in [0.25, 0.3) is 5.91 Å². The fourth-order valence-corrected chi connectivity index (χ4v) is 1.73. The molecule has 1 N–H and O–H groups in total. The van der Waals surface area contributed by atoms with Crippen molar-refractivity contribution >= 4 is 35.2 Å². The highest BCUT2D eigenvalue weighted by atomic mass is 35.5. The number of halogens is 2. The first-order chi connectivity index (χ1) is 8.45. The molecule has 1 aromatic carbocycles. The van der Waals surface area contributed by atoms with E-state index in [9.17, 15) is 9.59 Å². The molecule has 0 heterocycles. The van der Waals surface area contributed by atoms with Crippen LogP contribution in [0.5, 0.6) is 0 Å². The topological polar surface area (TPSA) is 55.4 Å². The second-order valence-electron chi connectivity index (χ2n) is 3.67. The van der Waals surface area contributed by atoms with Crippen LogP contribution in [-0.4, -0.2) is 18.1 Å². The summed E-state index contributed by atoms with van der Waals surface area (Å²) < 4.78 is 4.91. The second kappa shape index (κ2) is 6.61. The number of hydrogen-bond donors (Lipinski definition) is 1. The number of carbonyl (C=O) groups excluding carboxylic acids is 2. The molecule has 0 aliphatic heterocycles. The molecular weight excluding hydrogens is 277 g/mol. The summed E-state index contributed by atoms with van der Waals surface area (Å²) in [7, 11) is 0. The van der Waals surface area contributed by atoms with E-state index >= 15 is 0 Å². The average molecular weight is 290 g/mol. The van der Waals surface area contributed by atoms with Gasteiger partial charge in [-0.1, -0.05) is 36.2 Å². The Morgan fingerprint density at radius 1 is 1.33 bits per heavy atom. The van der Waals surface area contributed by atoms with Crippen LogP contribution in [0.2, 0.25) is 10.0 Å². The lowest BCUT2D eigenvalue weighted by Crippen LogP contribution is -2.33. The van der Waals surface area contributed by atoms with Crippen LogP contribution in [0.3, 0.4) is 0 Å². The van der Waals surface area contributed by atoms with E-state index in [1.807, 2.05) is 6.92 Å². The average Bonchev–Trinajstić information content (AvgIpc) is 2.28. The molecule has 1 atom stereocenters. The third-order valence-corrected chi connectivity index (χ3v) is 2.92. The van der Waals surface area contributed by atoms with Crippen LogP contribution in [-0.2, 0) is 4.74 Å². The van der Waals surface area contributed by atoms with Gasteiger partial charge in [0.05, 0.1) is 15.6 Å². The van der Waals surface area contributed by atoms with Crippen molar-refractivity contribution < 1.29 is 14.3 Å². The van der Waals surface area contributed by atoms with Crippen LogP contribution in [0.4, 0.5) is 4.79 Å². The van der Waals surface area contributed by atoms with Gasteiger partial charge in [0.2, 0.25) is 0 Å². The standard InChI is InChI=1S/C12H13Cl2NO3/c1-3-7(2)18-12(17)15-11(16)10-8(13)5-4-6-9(10)14/h4-7H,3H2,1-2H3,(H,15,16,17). The first-order valence-corrected chi connectivity index (χ1v) is 6.17. The quantitative estimate of drug-likeness (QED) is 0.924. The molecule has 0 radical (unpaired) electrons. The van der Waals surface area contributed by atoms with Gasteiger partial charge in [-0.05, 0) is 25.5 Å². The van der Waals surface area contributed by atoms with Crippen molar-refractivity contribution in [3.63, 3.8) is 0 Å². The van der Waals surface area contributed by atoms with Crippen molar-refractivity contribution in [2.75, 3.05) is 0 Å². The van der Waals surface area contributed by atoms with E-state index in [0.29, 0.717) is 6.42 Å². The zero-order chi connectivity index (χ0) is 13.7. The summed E-state index contributed by atoms with van der Waals surface area (Å²) in [6, 6.07) is 4.64. The minimum absolute atomic E-state index is 0.0573. The molecule has 0 aliphatic rings. The van der Waals surface area contributed by atoms with Crippen LogP contribution < -0.4 is 5.32 Å². The van der Waals surface area contributed by atoms with E-state index in [2.05, 4.69) is 5.32 Å². The molecule has 2 amide bonds. The predicted octanol–water partition coefficient (Wildman–Crippen LogP) is 3.66. The number of rotatable bonds is 3. The largest absolute Gasteiger partial charge is 0.446 e. The molecule has 1 rings (SSSR count). The zero-order valence-electron chi connectivity index (χ0n) is 10.00. The van der Waals surface area contributed by atoms with Crippen molar-refractivity contribution in [3.05, 3.63) is 33.8 Å². The van der Waals surface area contributed by atoms with Gasteiger partial charge in [-0.25, -0.2) is 4.79 Å². The minimum atomic E-state index is -0.815. The van der Waals surface area contributed by atoms with E-state index in [1.54, 1.807) is 13.0 Å². The smallest absolute Gasteiger partial charge is 0.414 e. The highest BCUT2D eigenvalue weighted by Crippen LogP contribution is 2.23. The highest BCUT2D eigenvalue weighted by molar-refractivity contribution is 6.40.